The van der Waals surface area contributed by atoms with Crippen LogP contribution < -0.4 is 4.74 Å². The summed E-state index contributed by atoms with van der Waals surface area (Å²) in [5, 5.41) is 10.9. The van der Waals surface area contributed by atoms with Crippen LogP contribution in [0, 0.1) is 15.9 Å². The number of carbonyl (C=O) groups excluding carboxylic acids is 1. The fourth-order valence-electron chi connectivity index (χ4n) is 1.52. The Kier molecular flexibility index (Phi) is 4.27. The molecule has 0 N–H and O–H groups in total. The molecule has 1 aromatic carbocycles. The minimum atomic E-state index is -0.691. The minimum Gasteiger partial charge on any atom is -0.448 e. The molecule has 0 saturated carbocycles. The van der Waals surface area contributed by atoms with Crippen LogP contribution in [-0.2, 0) is 0 Å². The van der Waals surface area contributed by atoms with Crippen molar-refractivity contribution in [3.8, 4) is 11.5 Å². The lowest BCUT2D eigenvalue weighted by atomic mass is 10.2. The summed E-state index contributed by atoms with van der Waals surface area (Å²) in [6.45, 7) is 1.36. The lowest BCUT2D eigenvalue weighted by molar-refractivity contribution is -0.385. The summed E-state index contributed by atoms with van der Waals surface area (Å²) in [7, 11) is 0. The Hall–Kier alpha value is -2.35. The third-order valence-electron chi connectivity index (χ3n) is 2.52. The number of halogens is 2. The second-order valence-corrected chi connectivity index (χ2v) is 4.88. The molecule has 0 bridgehead atoms. The first-order chi connectivity index (χ1) is 9.88. The van der Waals surface area contributed by atoms with Gasteiger partial charge in [0.15, 0.2) is 5.78 Å². The molecule has 1 heterocycles. The number of hydrogen-bond donors (Lipinski definition) is 0. The van der Waals surface area contributed by atoms with Gasteiger partial charge in [-0.3, -0.25) is 14.9 Å². The molecule has 0 amide bonds. The fraction of sp³-hybridized carbons (Fsp3) is 0.0769. The highest BCUT2D eigenvalue weighted by Gasteiger charge is 2.19. The van der Waals surface area contributed by atoms with Crippen molar-refractivity contribution >= 4 is 27.4 Å². The number of ketones is 1. The van der Waals surface area contributed by atoms with E-state index in [2.05, 4.69) is 20.9 Å². The first-order valence-electron chi connectivity index (χ1n) is 5.66. The molecule has 2 rings (SSSR count). The van der Waals surface area contributed by atoms with Gasteiger partial charge in [-0.1, -0.05) is 0 Å². The Labute approximate surface area is 126 Å². The number of nitro benzene ring substituents is 1. The zero-order chi connectivity index (χ0) is 15.6. The molecule has 8 heteroatoms. The van der Waals surface area contributed by atoms with E-state index >= 15 is 0 Å². The Morgan fingerprint density at radius 2 is 2.14 bits per heavy atom. The van der Waals surface area contributed by atoms with Crippen molar-refractivity contribution < 1.29 is 18.8 Å². The number of nitro groups is 1. The van der Waals surface area contributed by atoms with Crippen molar-refractivity contribution in [3.05, 3.63) is 56.6 Å². The third-order valence-corrected chi connectivity index (χ3v) is 3.13. The van der Waals surface area contributed by atoms with Crippen molar-refractivity contribution in [3.63, 3.8) is 0 Å². The average Bonchev–Trinajstić information content (AvgIpc) is 2.43. The predicted molar refractivity (Wildman–Crippen MR) is 75.1 cm³/mol. The van der Waals surface area contributed by atoms with Gasteiger partial charge in [0.25, 0.3) is 0 Å². The third kappa shape index (κ3) is 3.40. The molecule has 0 aliphatic heterocycles. The SMILES string of the molecule is CC(=O)c1ccc(Oc2cc(F)c(Br)cc2[N+](=O)[O-])cn1. The van der Waals surface area contributed by atoms with Crippen LogP contribution in [-0.4, -0.2) is 15.7 Å². The van der Waals surface area contributed by atoms with Crippen LogP contribution in [0.15, 0.2) is 34.9 Å². The number of nitrogens with zero attached hydrogens (tertiary/aromatic N) is 2. The van der Waals surface area contributed by atoms with Crippen molar-refractivity contribution in [2.75, 3.05) is 0 Å². The molecule has 6 nitrogen and oxygen atoms in total. The van der Waals surface area contributed by atoms with E-state index in [0.29, 0.717) is 0 Å². The number of Topliss-reactive ketones (excluding diaryl/α,β-unsaturated/α-hetero) is 1. The Morgan fingerprint density at radius 3 is 2.67 bits per heavy atom. The maximum atomic E-state index is 13.5. The second-order valence-electron chi connectivity index (χ2n) is 4.03. The monoisotopic (exact) mass is 354 g/mol. The highest BCUT2D eigenvalue weighted by atomic mass is 79.9. The summed E-state index contributed by atoms with van der Waals surface area (Å²) < 4.78 is 18.7. The Bertz CT molecular complexity index is 719. The normalized spacial score (nSPS) is 10.2. The first kappa shape index (κ1) is 15.0. The van der Waals surface area contributed by atoms with Crippen LogP contribution >= 0.6 is 15.9 Å². The summed E-state index contributed by atoms with van der Waals surface area (Å²) in [6, 6.07) is 4.76. The maximum Gasteiger partial charge on any atom is 0.312 e. The van der Waals surface area contributed by atoms with E-state index in [4.69, 9.17) is 4.74 Å². The topological polar surface area (TPSA) is 82.3 Å². The molecule has 21 heavy (non-hydrogen) atoms. The molecule has 1 aromatic heterocycles. The predicted octanol–water partition coefficient (Wildman–Crippen LogP) is 3.89. The van der Waals surface area contributed by atoms with Crippen LogP contribution in [0.1, 0.15) is 17.4 Å². The number of benzene rings is 1. The largest absolute Gasteiger partial charge is 0.448 e. The number of hydrogen-bond acceptors (Lipinski definition) is 5. The van der Waals surface area contributed by atoms with Crippen LogP contribution in [0.25, 0.3) is 0 Å². The summed E-state index contributed by atoms with van der Waals surface area (Å²) in [5.74, 6) is -1.01. The molecule has 0 radical (unpaired) electrons. The molecule has 108 valence electrons. The van der Waals surface area contributed by atoms with Gasteiger partial charge in [0.05, 0.1) is 15.6 Å². The molecule has 0 aliphatic carbocycles. The summed E-state index contributed by atoms with van der Waals surface area (Å²) in [6.07, 6.45) is 1.24. The molecule has 0 saturated heterocycles. The summed E-state index contributed by atoms with van der Waals surface area (Å²) >= 11 is 2.87. The van der Waals surface area contributed by atoms with Crippen LogP contribution in [0.3, 0.4) is 0 Å². The van der Waals surface area contributed by atoms with E-state index < -0.39 is 10.7 Å². The minimum absolute atomic E-state index is 0.0356. The lowest BCUT2D eigenvalue weighted by Gasteiger charge is -2.07. The highest BCUT2D eigenvalue weighted by Crippen LogP contribution is 2.35. The van der Waals surface area contributed by atoms with Gasteiger partial charge in [-0.05, 0) is 28.1 Å². The number of rotatable bonds is 4. The maximum absolute atomic E-state index is 13.5. The van der Waals surface area contributed by atoms with E-state index in [-0.39, 0.29) is 33.1 Å². The lowest BCUT2D eigenvalue weighted by Crippen LogP contribution is -1.98. The molecule has 0 fully saturated rings. The van der Waals surface area contributed by atoms with Gasteiger partial charge in [0.1, 0.15) is 17.3 Å². The Morgan fingerprint density at radius 1 is 1.43 bits per heavy atom. The quantitative estimate of drug-likeness (QED) is 0.472. The van der Waals surface area contributed by atoms with Crippen LogP contribution in [0.2, 0.25) is 0 Å². The van der Waals surface area contributed by atoms with Crippen LogP contribution in [0.4, 0.5) is 10.1 Å². The average molecular weight is 355 g/mol. The van der Waals surface area contributed by atoms with Crippen LogP contribution in [0.5, 0.6) is 11.5 Å². The smallest absolute Gasteiger partial charge is 0.312 e. The molecule has 0 atom stereocenters. The summed E-state index contributed by atoms with van der Waals surface area (Å²) in [5.41, 5.74) is -0.155. The van der Waals surface area contributed by atoms with E-state index in [1.54, 1.807) is 0 Å². The van der Waals surface area contributed by atoms with E-state index in [1.807, 2.05) is 0 Å². The van der Waals surface area contributed by atoms with Crippen molar-refractivity contribution in [2.24, 2.45) is 0 Å². The van der Waals surface area contributed by atoms with Crippen molar-refractivity contribution in [1.29, 1.82) is 0 Å². The molecular formula is C13H8BrFN2O4. The van der Waals surface area contributed by atoms with E-state index in [1.165, 1.54) is 25.3 Å². The van der Waals surface area contributed by atoms with Gasteiger partial charge in [0.2, 0.25) is 5.75 Å². The number of ether oxygens (including phenoxy) is 1. The fourth-order valence-corrected chi connectivity index (χ4v) is 1.85. The first-order valence-corrected chi connectivity index (χ1v) is 6.46. The van der Waals surface area contributed by atoms with Crippen molar-refractivity contribution in [1.82, 2.24) is 4.98 Å². The number of pyridine rings is 1. The molecule has 2 aromatic rings. The molecule has 0 spiro atoms. The zero-order valence-electron chi connectivity index (χ0n) is 10.7. The Balaban J connectivity index is 2.36. The van der Waals surface area contributed by atoms with Gasteiger partial charge < -0.3 is 4.74 Å². The number of aromatic nitrogens is 1. The van der Waals surface area contributed by atoms with Gasteiger partial charge in [-0.25, -0.2) is 9.37 Å². The van der Waals surface area contributed by atoms with E-state index in [9.17, 15) is 19.3 Å². The van der Waals surface area contributed by atoms with E-state index in [0.717, 1.165) is 12.1 Å². The molecule has 0 aliphatic rings. The molecule has 0 unspecified atom stereocenters. The highest BCUT2D eigenvalue weighted by molar-refractivity contribution is 9.10. The second kappa shape index (κ2) is 5.96. The van der Waals surface area contributed by atoms with Crippen molar-refractivity contribution in [2.45, 2.75) is 6.92 Å². The standard InChI is InChI=1S/C13H8BrFN2O4/c1-7(18)11-3-2-8(6-16-11)21-13-5-10(15)9(14)4-12(13)17(19)20/h2-6H,1H3. The summed E-state index contributed by atoms with van der Waals surface area (Å²) in [4.78, 5) is 25.2. The van der Waals surface area contributed by atoms with Gasteiger partial charge in [0, 0.05) is 19.1 Å². The zero-order valence-corrected chi connectivity index (χ0v) is 12.3. The number of carbonyl (C=O) groups is 1. The van der Waals surface area contributed by atoms with Gasteiger partial charge in [-0.15, -0.1) is 0 Å². The molecular weight excluding hydrogens is 347 g/mol. The van der Waals surface area contributed by atoms with Gasteiger partial charge in [-0.2, -0.15) is 0 Å². The van der Waals surface area contributed by atoms with Gasteiger partial charge >= 0.3 is 5.69 Å².